The van der Waals surface area contributed by atoms with Crippen LogP contribution in [0.4, 0.5) is 5.69 Å². The van der Waals surface area contributed by atoms with E-state index in [2.05, 4.69) is 48.3 Å². The summed E-state index contributed by atoms with van der Waals surface area (Å²) < 4.78 is 0. The van der Waals surface area contributed by atoms with E-state index in [0.29, 0.717) is 24.3 Å². The van der Waals surface area contributed by atoms with Gasteiger partial charge in [-0.2, -0.15) is 0 Å². The highest BCUT2D eigenvalue weighted by atomic mass is 16.3. The molecule has 3 nitrogen and oxygen atoms in total. The molecule has 6 rings (SSSR count). The summed E-state index contributed by atoms with van der Waals surface area (Å²) in [4.78, 5) is 12.3. The minimum absolute atomic E-state index is 0.222. The fraction of sp³-hybridized carbons (Fsp3) is 0.606. The Hall–Kier alpha value is -2.31. The molecule has 1 aromatic carbocycles. The number of carbonyl (C=O) groups excluding carboxylic acids is 1. The number of aliphatic hydroxyl groups is 1. The summed E-state index contributed by atoms with van der Waals surface area (Å²) in [5.41, 5.74) is 5.80. The second-order valence-electron chi connectivity index (χ2n) is 12.4. The van der Waals surface area contributed by atoms with Gasteiger partial charge in [0, 0.05) is 29.5 Å². The maximum atomic E-state index is 12.3. The molecule has 5 aliphatic rings. The Morgan fingerprint density at radius 2 is 1.78 bits per heavy atom. The fourth-order valence-electron chi connectivity index (χ4n) is 8.67. The van der Waals surface area contributed by atoms with E-state index in [9.17, 15) is 9.90 Å². The number of rotatable bonds is 3. The lowest BCUT2D eigenvalue weighted by molar-refractivity contribution is -0.114. The van der Waals surface area contributed by atoms with Gasteiger partial charge in [-0.25, -0.2) is 0 Å². The number of anilines is 1. The molecular formula is C33H41NO2. The van der Waals surface area contributed by atoms with Crippen LogP contribution in [-0.2, 0) is 4.79 Å². The van der Waals surface area contributed by atoms with Crippen molar-refractivity contribution in [2.75, 3.05) is 5.32 Å². The predicted molar refractivity (Wildman–Crippen MR) is 146 cm³/mol. The number of benzene rings is 1. The highest BCUT2D eigenvalue weighted by molar-refractivity contribution is 5.93. The summed E-state index contributed by atoms with van der Waals surface area (Å²) in [7, 11) is 0. The summed E-state index contributed by atoms with van der Waals surface area (Å²) in [6, 6.07) is 9.80. The number of nitrogens with one attached hydrogen (secondary N) is 1. The van der Waals surface area contributed by atoms with Crippen LogP contribution < -0.4 is 5.32 Å². The third kappa shape index (κ3) is 3.88. The molecule has 0 aromatic heterocycles. The second kappa shape index (κ2) is 9.21. The number of fused-ring (bicyclic) bond motifs is 4. The van der Waals surface area contributed by atoms with Crippen LogP contribution in [0.1, 0.15) is 102 Å². The normalized spacial score (nSPS) is 36.2. The summed E-state index contributed by atoms with van der Waals surface area (Å²) in [6.45, 7) is 4.18. The van der Waals surface area contributed by atoms with Crippen LogP contribution in [0.5, 0.6) is 0 Å². The van der Waals surface area contributed by atoms with Gasteiger partial charge in [-0.15, -0.1) is 5.92 Å². The lowest BCUT2D eigenvalue weighted by atomic mass is 9.51. The van der Waals surface area contributed by atoms with Crippen LogP contribution in [0.3, 0.4) is 0 Å². The molecule has 5 aliphatic carbocycles. The lowest BCUT2D eigenvalue weighted by Crippen LogP contribution is -2.51. The number of carbonyl (C=O) groups is 1. The number of ketones is 1. The Bertz CT molecular complexity index is 1160. The first kappa shape index (κ1) is 24.1. The van der Waals surface area contributed by atoms with Crippen LogP contribution in [0, 0.1) is 29.1 Å². The first-order valence-corrected chi connectivity index (χ1v) is 14.4. The van der Waals surface area contributed by atoms with Gasteiger partial charge in [0.05, 0.1) is 0 Å². The molecule has 0 spiro atoms. The molecule has 5 atom stereocenters. The minimum atomic E-state index is -0.915. The third-order valence-corrected chi connectivity index (χ3v) is 10.5. The number of allylic oxidation sites excluding steroid dienone is 4. The Morgan fingerprint density at radius 3 is 2.53 bits per heavy atom. The summed E-state index contributed by atoms with van der Waals surface area (Å²) >= 11 is 0. The molecule has 3 saturated carbocycles. The molecule has 3 heteroatoms. The van der Waals surface area contributed by atoms with E-state index >= 15 is 0 Å². The van der Waals surface area contributed by atoms with Gasteiger partial charge in [0.2, 0.25) is 0 Å². The van der Waals surface area contributed by atoms with Gasteiger partial charge >= 0.3 is 0 Å². The van der Waals surface area contributed by atoms with E-state index in [0.717, 1.165) is 38.5 Å². The highest BCUT2D eigenvalue weighted by Crippen LogP contribution is 2.66. The SMILES string of the molecule is CC#CC1(O)CCC2C3CCC4=CC(=O)CCC4=C3C(c3ccc(NC4CCCCC4)cc3)CC21C. The number of hydrogen-bond donors (Lipinski definition) is 2. The summed E-state index contributed by atoms with van der Waals surface area (Å²) in [6.07, 6.45) is 14.9. The monoisotopic (exact) mass is 483 g/mol. The maximum absolute atomic E-state index is 12.3. The summed E-state index contributed by atoms with van der Waals surface area (Å²) in [5.74, 6) is 7.82. The molecule has 0 saturated heterocycles. The standard InChI is InChI=1S/C33H41NO2/c1-3-18-33(36)19-17-30-28-15-11-23-20-26(35)14-16-27(23)31(28)29(21-32(30,33)2)22-9-12-25(13-10-22)34-24-7-5-4-6-8-24/h9-10,12-13,20,24,28-30,34,36H,4-8,11,14-17,19,21H2,1-2H3. The van der Waals surface area contributed by atoms with Gasteiger partial charge in [-0.3, -0.25) is 4.79 Å². The fourth-order valence-corrected chi connectivity index (χ4v) is 8.67. The van der Waals surface area contributed by atoms with Crippen molar-refractivity contribution < 1.29 is 9.90 Å². The zero-order chi connectivity index (χ0) is 24.9. The van der Waals surface area contributed by atoms with Gasteiger partial charge in [0.15, 0.2) is 5.78 Å². The first-order chi connectivity index (χ1) is 17.4. The average molecular weight is 484 g/mol. The van der Waals surface area contributed by atoms with Crippen molar-refractivity contribution in [3.8, 4) is 11.8 Å². The van der Waals surface area contributed by atoms with Gasteiger partial charge in [0.1, 0.15) is 5.60 Å². The Balaban J connectivity index is 1.40. The van der Waals surface area contributed by atoms with Crippen LogP contribution in [-0.4, -0.2) is 22.5 Å². The van der Waals surface area contributed by atoms with Crippen LogP contribution in [0.15, 0.2) is 47.1 Å². The van der Waals surface area contributed by atoms with Crippen LogP contribution in [0.2, 0.25) is 0 Å². The molecule has 0 amide bonds. The first-order valence-electron chi connectivity index (χ1n) is 14.4. The molecule has 0 bridgehead atoms. The lowest BCUT2D eigenvalue weighted by Gasteiger charge is -2.53. The second-order valence-corrected chi connectivity index (χ2v) is 12.4. The molecule has 3 fully saturated rings. The van der Waals surface area contributed by atoms with Crippen molar-refractivity contribution in [1.82, 2.24) is 0 Å². The van der Waals surface area contributed by atoms with Gasteiger partial charge in [-0.1, -0.05) is 49.8 Å². The molecule has 0 aliphatic heterocycles. The molecule has 190 valence electrons. The van der Waals surface area contributed by atoms with Crippen molar-refractivity contribution >= 4 is 11.5 Å². The van der Waals surface area contributed by atoms with E-state index in [1.165, 1.54) is 54.5 Å². The summed E-state index contributed by atoms with van der Waals surface area (Å²) in [5, 5.41) is 15.6. The van der Waals surface area contributed by atoms with E-state index in [-0.39, 0.29) is 17.1 Å². The zero-order valence-corrected chi connectivity index (χ0v) is 22.0. The molecular weight excluding hydrogens is 442 g/mol. The molecule has 0 heterocycles. The van der Waals surface area contributed by atoms with E-state index in [1.54, 1.807) is 5.57 Å². The predicted octanol–water partition coefficient (Wildman–Crippen LogP) is 7.09. The molecule has 5 unspecified atom stereocenters. The van der Waals surface area contributed by atoms with E-state index in [4.69, 9.17) is 0 Å². The third-order valence-electron chi connectivity index (χ3n) is 10.5. The molecule has 0 radical (unpaired) electrons. The van der Waals surface area contributed by atoms with Crippen molar-refractivity contribution in [3.05, 3.63) is 52.6 Å². The Morgan fingerprint density at radius 1 is 1.00 bits per heavy atom. The number of hydrogen-bond acceptors (Lipinski definition) is 3. The Kier molecular flexibility index (Phi) is 6.16. The minimum Gasteiger partial charge on any atom is -0.382 e. The van der Waals surface area contributed by atoms with Crippen molar-refractivity contribution in [3.63, 3.8) is 0 Å². The van der Waals surface area contributed by atoms with Crippen molar-refractivity contribution in [1.29, 1.82) is 0 Å². The Labute approximate surface area is 216 Å². The van der Waals surface area contributed by atoms with Crippen molar-refractivity contribution in [2.45, 2.75) is 108 Å². The molecule has 1 aromatic rings. The van der Waals surface area contributed by atoms with Crippen LogP contribution in [0.25, 0.3) is 0 Å². The van der Waals surface area contributed by atoms with E-state index < -0.39 is 5.60 Å². The quantitative estimate of drug-likeness (QED) is 0.451. The average Bonchev–Trinajstić information content (AvgIpc) is 3.14. The van der Waals surface area contributed by atoms with Crippen LogP contribution >= 0.6 is 0 Å². The van der Waals surface area contributed by atoms with Gasteiger partial charge in [0.25, 0.3) is 0 Å². The van der Waals surface area contributed by atoms with Gasteiger partial charge < -0.3 is 10.4 Å². The van der Waals surface area contributed by atoms with Crippen molar-refractivity contribution in [2.24, 2.45) is 17.3 Å². The topological polar surface area (TPSA) is 49.3 Å². The smallest absolute Gasteiger partial charge is 0.156 e. The molecule has 2 N–H and O–H groups in total. The largest absolute Gasteiger partial charge is 0.382 e. The van der Waals surface area contributed by atoms with Gasteiger partial charge in [-0.05, 0) is 105 Å². The van der Waals surface area contributed by atoms with E-state index in [1.807, 2.05) is 13.0 Å². The zero-order valence-electron chi connectivity index (χ0n) is 22.0. The molecule has 36 heavy (non-hydrogen) atoms. The highest BCUT2D eigenvalue weighted by Gasteiger charge is 2.62. The maximum Gasteiger partial charge on any atom is 0.156 e.